The van der Waals surface area contributed by atoms with Crippen molar-refractivity contribution < 1.29 is 4.79 Å². The molecule has 2 fully saturated rings. The Kier molecular flexibility index (Phi) is 3.19. The third-order valence-corrected chi connectivity index (χ3v) is 7.29. The second-order valence-corrected chi connectivity index (χ2v) is 11.3. The zero-order chi connectivity index (χ0) is 10.9. The molecule has 87 valence electrons. The molecule has 0 radical (unpaired) electrons. The van der Waals surface area contributed by atoms with E-state index in [-0.39, 0.29) is 0 Å². The molecule has 1 saturated carbocycles. The summed E-state index contributed by atoms with van der Waals surface area (Å²) in [4.78, 5) is 14.3. The van der Waals surface area contributed by atoms with E-state index in [0.717, 1.165) is 25.9 Å². The Labute approximate surface area is 94.0 Å². The van der Waals surface area contributed by atoms with Gasteiger partial charge in [-0.05, 0) is 25.9 Å². The SMILES string of the molecule is C[Si-]1(C)CCN(C(=O)C2CCCC2)CC1. The number of rotatable bonds is 1. The van der Waals surface area contributed by atoms with Crippen molar-refractivity contribution in [2.45, 2.75) is 50.9 Å². The van der Waals surface area contributed by atoms with Gasteiger partial charge in [0.15, 0.2) is 0 Å². The van der Waals surface area contributed by atoms with Gasteiger partial charge in [-0.25, -0.2) is 0 Å². The molecule has 0 unspecified atom stereocenters. The molecule has 0 spiro atoms. The van der Waals surface area contributed by atoms with Gasteiger partial charge >= 0.3 is 0 Å². The fraction of sp³-hybridized carbons (Fsp3) is 0.917. The molecule has 2 aliphatic rings. The van der Waals surface area contributed by atoms with E-state index >= 15 is 0 Å². The van der Waals surface area contributed by atoms with Crippen LogP contribution in [0.5, 0.6) is 0 Å². The van der Waals surface area contributed by atoms with E-state index in [2.05, 4.69) is 18.0 Å². The molecule has 1 amide bonds. The highest BCUT2D eigenvalue weighted by molar-refractivity contribution is 6.77. The minimum atomic E-state index is -0.912. The normalized spacial score (nSPS) is 26.9. The Bertz CT molecular complexity index is 236. The van der Waals surface area contributed by atoms with Crippen LogP contribution in [0, 0.1) is 5.92 Å². The zero-order valence-electron chi connectivity index (χ0n) is 10.1. The van der Waals surface area contributed by atoms with Crippen molar-refractivity contribution in [1.82, 2.24) is 4.90 Å². The van der Waals surface area contributed by atoms with Crippen molar-refractivity contribution in [3.8, 4) is 0 Å². The van der Waals surface area contributed by atoms with Gasteiger partial charge in [0.25, 0.3) is 0 Å². The molecule has 1 heterocycles. The predicted octanol–water partition coefficient (Wildman–Crippen LogP) is 2.73. The number of amides is 1. The second kappa shape index (κ2) is 4.28. The van der Waals surface area contributed by atoms with Crippen LogP contribution in [0.1, 0.15) is 25.7 Å². The van der Waals surface area contributed by atoms with E-state index in [9.17, 15) is 4.79 Å². The Morgan fingerprint density at radius 3 is 2.20 bits per heavy atom. The molecule has 1 aliphatic carbocycles. The highest BCUT2D eigenvalue weighted by atomic mass is 28.3. The molecular weight excluding hydrogens is 202 g/mol. The number of nitrogens with zero attached hydrogens (tertiary/aromatic N) is 1. The first-order valence-electron chi connectivity index (χ1n) is 6.37. The van der Waals surface area contributed by atoms with E-state index < -0.39 is 8.07 Å². The van der Waals surface area contributed by atoms with Gasteiger partial charge in [0.1, 0.15) is 0 Å². The standard InChI is InChI=1S/C12H23NOSi/c1-15(2)9-7-13(8-10-15)12(14)11-5-3-4-6-11/h11H,3-10H2,1-2H3/q-1. The van der Waals surface area contributed by atoms with Crippen LogP contribution in [0.25, 0.3) is 0 Å². The van der Waals surface area contributed by atoms with E-state index in [1.54, 1.807) is 0 Å². The molecule has 0 aromatic carbocycles. The zero-order valence-corrected chi connectivity index (χ0v) is 11.1. The predicted molar refractivity (Wildman–Crippen MR) is 65.6 cm³/mol. The molecule has 2 nitrogen and oxygen atoms in total. The van der Waals surface area contributed by atoms with Crippen LogP contribution < -0.4 is 0 Å². The minimum absolute atomic E-state index is 0.382. The van der Waals surface area contributed by atoms with Gasteiger partial charge in [-0.3, -0.25) is 4.79 Å². The summed E-state index contributed by atoms with van der Waals surface area (Å²) in [6, 6.07) is 2.62. The number of hydrogen-bond acceptors (Lipinski definition) is 1. The fourth-order valence-corrected chi connectivity index (χ4v) is 4.76. The highest BCUT2D eigenvalue weighted by Crippen LogP contribution is 2.29. The first-order valence-corrected chi connectivity index (χ1v) is 9.79. The lowest BCUT2D eigenvalue weighted by atomic mass is 10.1. The topological polar surface area (TPSA) is 20.3 Å². The quantitative estimate of drug-likeness (QED) is 0.628. The van der Waals surface area contributed by atoms with E-state index in [1.165, 1.54) is 24.9 Å². The van der Waals surface area contributed by atoms with Gasteiger partial charge in [0, 0.05) is 5.92 Å². The van der Waals surface area contributed by atoms with E-state index in [0.29, 0.717) is 11.8 Å². The molecule has 15 heavy (non-hydrogen) atoms. The first-order chi connectivity index (χ1) is 7.08. The van der Waals surface area contributed by atoms with Gasteiger partial charge in [0.2, 0.25) is 5.91 Å². The van der Waals surface area contributed by atoms with Gasteiger partial charge < -0.3 is 4.90 Å². The Hall–Kier alpha value is -0.313. The maximum atomic E-state index is 12.2. The van der Waals surface area contributed by atoms with Crippen LogP contribution in [0.2, 0.25) is 25.2 Å². The monoisotopic (exact) mass is 225 g/mol. The van der Waals surface area contributed by atoms with Gasteiger partial charge in [-0.2, -0.15) is 13.1 Å². The lowest BCUT2D eigenvalue weighted by Crippen LogP contribution is -2.47. The molecule has 0 N–H and O–H groups in total. The smallest absolute Gasteiger partial charge is 0.225 e. The number of hydrogen-bond donors (Lipinski definition) is 0. The summed E-state index contributed by atoms with van der Waals surface area (Å²) in [7, 11) is -0.912. The third kappa shape index (κ3) is 2.62. The summed E-state index contributed by atoms with van der Waals surface area (Å²) in [6.45, 7) is 7.00. The van der Waals surface area contributed by atoms with Crippen molar-refractivity contribution in [3.63, 3.8) is 0 Å². The summed E-state index contributed by atoms with van der Waals surface area (Å²) in [6.07, 6.45) is 4.83. The molecule has 0 atom stereocenters. The highest BCUT2D eigenvalue weighted by Gasteiger charge is 2.29. The molecule has 0 aromatic heterocycles. The number of carbonyl (C=O) groups is 1. The van der Waals surface area contributed by atoms with Crippen LogP contribution in [0.4, 0.5) is 0 Å². The summed E-state index contributed by atoms with van der Waals surface area (Å²) in [5.41, 5.74) is 0. The van der Waals surface area contributed by atoms with Crippen LogP contribution in [0.3, 0.4) is 0 Å². The largest absolute Gasteiger partial charge is 0.348 e. The Balaban J connectivity index is 1.87. The molecule has 3 heteroatoms. The maximum absolute atomic E-state index is 12.2. The average molecular weight is 225 g/mol. The molecule has 0 bridgehead atoms. The minimum Gasteiger partial charge on any atom is -0.348 e. The Morgan fingerprint density at radius 1 is 1.13 bits per heavy atom. The maximum Gasteiger partial charge on any atom is 0.225 e. The summed E-state index contributed by atoms with van der Waals surface area (Å²) in [5.74, 6) is 0.852. The summed E-state index contributed by atoms with van der Waals surface area (Å²) < 4.78 is 0. The fourth-order valence-electron chi connectivity index (χ4n) is 2.76. The van der Waals surface area contributed by atoms with E-state index in [1.807, 2.05) is 0 Å². The summed E-state index contributed by atoms with van der Waals surface area (Å²) in [5, 5.41) is 0. The third-order valence-electron chi connectivity index (χ3n) is 4.13. The van der Waals surface area contributed by atoms with Gasteiger partial charge in [0.05, 0.1) is 0 Å². The van der Waals surface area contributed by atoms with Crippen molar-refractivity contribution >= 4 is 14.0 Å². The van der Waals surface area contributed by atoms with E-state index in [4.69, 9.17) is 0 Å². The van der Waals surface area contributed by atoms with Gasteiger partial charge in [-0.15, -0.1) is 20.2 Å². The van der Waals surface area contributed by atoms with Crippen molar-refractivity contribution in [2.24, 2.45) is 5.92 Å². The average Bonchev–Trinajstić information content (AvgIpc) is 2.69. The van der Waals surface area contributed by atoms with Crippen molar-refractivity contribution in [1.29, 1.82) is 0 Å². The van der Waals surface area contributed by atoms with Crippen LogP contribution in [0.15, 0.2) is 0 Å². The molecular formula is C12H23NOSi-. The molecule has 0 aromatic rings. The van der Waals surface area contributed by atoms with Crippen LogP contribution in [-0.4, -0.2) is 32.0 Å². The Morgan fingerprint density at radius 2 is 1.67 bits per heavy atom. The van der Waals surface area contributed by atoms with Crippen LogP contribution in [-0.2, 0) is 4.79 Å². The van der Waals surface area contributed by atoms with Crippen molar-refractivity contribution in [3.05, 3.63) is 0 Å². The number of carbonyl (C=O) groups excluding carboxylic acids is 1. The molecule has 1 aliphatic heterocycles. The summed E-state index contributed by atoms with van der Waals surface area (Å²) >= 11 is 0. The van der Waals surface area contributed by atoms with Crippen molar-refractivity contribution in [2.75, 3.05) is 13.1 Å². The molecule has 2 rings (SSSR count). The molecule has 1 saturated heterocycles. The van der Waals surface area contributed by atoms with Crippen LogP contribution >= 0.6 is 0 Å². The lowest BCUT2D eigenvalue weighted by molar-refractivity contribution is -0.135. The van der Waals surface area contributed by atoms with Gasteiger partial charge in [-0.1, -0.05) is 12.8 Å². The lowest BCUT2D eigenvalue weighted by Gasteiger charge is -2.44. The second-order valence-electron chi connectivity index (χ2n) is 5.97. The first kappa shape index (κ1) is 11.2.